The van der Waals surface area contributed by atoms with Crippen molar-refractivity contribution in [3.63, 3.8) is 0 Å². The first-order valence-electron chi connectivity index (χ1n) is 8.36. The first-order chi connectivity index (χ1) is 12.0. The minimum absolute atomic E-state index is 0.148. The Kier molecular flexibility index (Phi) is 5.39. The number of nitrogens with zero attached hydrogens (tertiary/aromatic N) is 4. The highest BCUT2D eigenvalue weighted by Crippen LogP contribution is 2.27. The SMILES string of the molecule is Cc1ccc(CNCC2(F)CCN(C(=O)c3nsnc3C)CC2)nc1. The van der Waals surface area contributed by atoms with Gasteiger partial charge in [-0.05, 0) is 25.5 Å². The number of carbonyl (C=O) groups excluding carboxylic acids is 1. The van der Waals surface area contributed by atoms with Crippen molar-refractivity contribution in [2.45, 2.75) is 38.9 Å². The molecule has 2 aromatic heterocycles. The first kappa shape index (κ1) is 17.9. The fraction of sp³-hybridized carbons (Fsp3) is 0.529. The van der Waals surface area contributed by atoms with E-state index in [2.05, 4.69) is 19.0 Å². The fourth-order valence-electron chi connectivity index (χ4n) is 2.88. The lowest BCUT2D eigenvalue weighted by atomic mass is 9.93. The molecule has 25 heavy (non-hydrogen) atoms. The molecule has 0 aliphatic carbocycles. The van der Waals surface area contributed by atoms with Crippen LogP contribution in [0.3, 0.4) is 0 Å². The molecule has 0 unspecified atom stereocenters. The number of likely N-dealkylation sites (tertiary alicyclic amines) is 1. The zero-order valence-corrected chi connectivity index (χ0v) is 15.3. The van der Waals surface area contributed by atoms with Gasteiger partial charge in [0, 0.05) is 45.2 Å². The summed E-state index contributed by atoms with van der Waals surface area (Å²) in [7, 11) is 0. The summed E-state index contributed by atoms with van der Waals surface area (Å²) in [4.78, 5) is 18.4. The van der Waals surface area contributed by atoms with E-state index in [4.69, 9.17) is 0 Å². The molecule has 6 nitrogen and oxygen atoms in total. The molecule has 0 spiro atoms. The van der Waals surface area contributed by atoms with E-state index in [1.807, 2.05) is 25.3 Å². The molecule has 1 saturated heterocycles. The van der Waals surface area contributed by atoms with Crippen molar-refractivity contribution in [3.05, 3.63) is 41.0 Å². The molecule has 0 atom stereocenters. The summed E-state index contributed by atoms with van der Waals surface area (Å²) >= 11 is 1.03. The molecule has 0 saturated carbocycles. The number of halogens is 1. The molecule has 0 aromatic carbocycles. The van der Waals surface area contributed by atoms with Gasteiger partial charge in [-0.3, -0.25) is 9.78 Å². The molecule has 1 amide bonds. The standard InChI is InChI=1S/C17H22FN5OS/c1-12-3-4-14(20-9-12)10-19-11-17(18)5-7-23(8-6-17)16(24)15-13(2)21-25-22-15/h3-4,9,19H,5-8,10-11H2,1-2H3. The molecular weight excluding hydrogens is 341 g/mol. The van der Waals surface area contributed by atoms with Gasteiger partial charge in [0.25, 0.3) is 5.91 Å². The molecule has 1 fully saturated rings. The Bertz CT molecular complexity index is 725. The van der Waals surface area contributed by atoms with Crippen LogP contribution < -0.4 is 5.32 Å². The van der Waals surface area contributed by atoms with Crippen molar-refractivity contribution in [2.75, 3.05) is 19.6 Å². The van der Waals surface area contributed by atoms with Gasteiger partial charge >= 0.3 is 0 Å². The van der Waals surface area contributed by atoms with Crippen LogP contribution in [0.25, 0.3) is 0 Å². The largest absolute Gasteiger partial charge is 0.337 e. The number of carbonyl (C=O) groups is 1. The van der Waals surface area contributed by atoms with Crippen LogP contribution in [0.15, 0.2) is 18.3 Å². The number of aromatic nitrogens is 3. The Labute approximate surface area is 150 Å². The van der Waals surface area contributed by atoms with Crippen molar-refractivity contribution < 1.29 is 9.18 Å². The van der Waals surface area contributed by atoms with E-state index in [0.717, 1.165) is 23.0 Å². The second kappa shape index (κ2) is 7.53. The smallest absolute Gasteiger partial charge is 0.275 e. The molecule has 1 N–H and O–H groups in total. The van der Waals surface area contributed by atoms with E-state index < -0.39 is 5.67 Å². The van der Waals surface area contributed by atoms with Crippen molar-refractivity contribution in [1.29, 1.82) is 0 Å². The summed E-state index contributed by atoms with van der Waals surface area (Å²) in [5, 5.41) is 3.15. The van der Waals surface area contributed by atoms with Gasteiger partial charge in [-0.1, -0.05) is 6.07 Å². The van der Waals surface area contributed by atoms with Gasteiger partial charge < -0.3 is 10.2 Å². The Hall–Kier alpha value is -1.93. The van der Waals surface area contributed by atoms with Crippen LogP contribution >= 0.6 is 11.7 Å². The topological polar surface area (TPSA) is 71.0 Å². The van der Waals surface area contributed by atoms with Gasteiger partial charge in [-0.25, -0.2) is 4.39 Å². The molecular formula is C17H22FN5OS. The highest BCUT2D eigenvalue weighted by atomic mass is 32.1. The maximum atomic E-state index is 15.0. The predicted molar refractivity (Wildman–Crippen MR) is 94.3 cm³/mol. The maximum absolute atomic E-state index is 15.0. The molecule has 2 aromatic rings. The second-order valence-electron chi connectivity index (χ2n) is 6.57. The van der Waals surface area contributed by atoms with E-state index >= 15 is 0 Å². The van der Waals surface area contributed by atoms with Crippen molar-refractivity contribution in [3.8, 4) is 0 Å². The molecule has 0 bridgehead atoms. The fourth-order valence-corrected chi connectivity index (χ4v) is 3.42. The normalized spacial score (nSPS) is 16.8. The van der Waals surface area contributed by atoms with E-state index in [9.17, 15) is 9.18 Å². The first-order valence-corrected chi connectivity index (χ1v) is 9.09. The third kappa shape index (κ3) is 4.38. The Balaban J connectivity index is 1.48. The average molecular weight is 363 g/mol. The summed E-state index contributed by atoms with van der Waals surface area (Å²) in [5.74, 6) is -0.148. The van der Waals surface area contributed by atoms with Crippen molar-refractivity contribution >= 4 is 17.6 Å². The third-order valence-electron chi connectivity index (χ3n) is 4.52. The van der Waals surface area contributed by atoms with Gasteiger partial charge in [-0.2, -0.15) is 8.75 Å². The lowest BCUT2D eigenvalue weighted by Gasteiger charge is -2.36. The van der Waals surface area contributed by atoms with Gasteiger partial charge in [0.2, 0.25) is 0 Å². The van der Waals surface area contributed by atoms with E-state index in [1.165, 1.54) is 0 Å². The summed E-state index contributed by atoms with van der Waals surface area (Å²) in [6.07, 6.45) is 2.45. The van der Waals surface area contributed by atoms with Crippen LogP contribution in [0.1, 0.15) is 40.3 Å². The lowest BCUT2D eigenvalue weighted by Crippen LogP contribution is -2.49. The van der Waals surface area contributed by atoms with E-state index in [0.29, 0.717) is 43.9 Å². The Morgan fingerprint density at radius 3 is 2.68 bits per heavy atom. The minimum Gasteiger partial charge on any atom is -0.337 e. The number of pyridine rings is 1. The number of alkyl halides is 1. The predicted octanol–water partition coefficient (Wildman–Crippen LogP) is 2.28. The van der Waals surface area contributed by atoms with Gasteiger partial charge in [-0.15, -0.1) is 0 Å². The van der Waals surface area contributed by atoms with Gasteiger partial charge in [0.1, 0.15) is 5.67 Å². The number of hydrogen-bond acceptors (Lipinski definition) is 6. The van der Waals surface area contributed by atoms with Crippen molar-refractivity contribution in [1.82, 2.24) is 23.9 Å². The van der Waals surface area contributed by atoms with Crippen LogP contribution in [0, 0.1) is 13.8 Å². The van der Waals surface area contributed by atoms with Crippen LogP contribution in [-0.4, -0.2) is 49.8 Å². The van der Waals surface area contributed by atoms with Crippen molar-refractivity contribution in [2.24, 2.45) is 0 Å². The zero-order chi connectivity index (χ0) is 17.9. The average Bonchev–Trinajstić information content (AvgIpc) is 3.03. The van der Waals surface area contributed by atoms with Crippen LogP contribution in [0.2, 0.25) is 0 Å². The number of aryl methyl sites for hydroxylation is 2. The molecule has 1 aliphatic rings. The molecule has 134 valence electrons. The van der Waals surface area contributed by atoms with Gasteiger partial charge in [0.15, 0.2) is 5.69 Å². The monoisotopic (exact) mass is 363 g/mol. The van der Waals surface area contributed by atoms with Crippen LogP contribution in [-0.2, 0) is 6.54 Å². The highest BCUT2D eigenvalue weighted by molar-refractivity contribution is 6.99. The minimum atomic E-state index is -1.29. The van der Waals surface area contributed by atoms with Gasteiger partial charge in [0.05, 0.1) is 23.1 Å². The number of amides is 1. The second-order valence-corrected chi connectivity index (χ2v) is 7.10. The summed E-state index contributed by atoms with van der Waals surface area (Å²) in [6, 6.07) is 3.94. The molecule has 8 heteroatoms. The number of rotatable bonds is 5. The molecule has 0 radical (unpaired) electrons. The van der Waals surface area contributed by atoms with E-state index in [1.54, 1.807) is 11.8 Å². The molecule has 3 heterocycles. The van der Waals surface area contributed by atoms with Crippen LogP contribution in [0.5, 0.6) is 0 Å². The summed E-state index contributed by atoms with van der Waals surface area (Å²) in [5.41, 5.74) is 1.73. The highest BCUT2D eigenvalue weighted by Gasteiger charge is 2.36. The Morgan fingerprint density at radius 2 is 2.08 bits per heavy atom. The number of piperidine rings is 1. The number of hydrogen-bond donors (Lipinski definition) is 1. The summed E-state index contributed by atoms with van der Waals surface area (Å²) < 4.78 is 23.0. The zero-order valence-electron chi connectivity index (χ0n) is 14.5. The summed E-state index contributed by atoms with van der Waals surface area (Å²) in [6.45, 7) is 5.36. The Morgan fingerprint density at radius 1 is 1.32 bits per heavy atom. The quantitative estimate of drug-likeness (QED) is 0.882. The lowest BCUT2D eigenvalue weighted by molar-refractivity contribution is 0.0430. The van der Waals surface area contributed by atoms with Crippen LogP contribution in [0.4, 0.5) is 4.39 Å². The van der Waals surface area contributed by atoms with E-state index in [-0.39, 0.29) is 12.5 Å². The molecule has 3 rings (SSSR count). The third-order valence-corrected chi connectivity index (χ3v) is 5.14. The molecule has 1 aliphatic heterocycles. The number of nitrogens with one attached hydrogen (secondary N) is 1. The maximum Gasteiger partial charge on any atom is 0.275 e.